The van der Waals surface area contributed by atoms with Crippen molar-refractivity contribution in [1.29, 1.82) is 0 Å². The third kappa shape index (κ3) is 1.91. The molecule has 2 fully saturated rings. The number of ether oxygens (including phenoxy) is 1. The summed E-state index contributed by atoms with van der Waals surface area (Å²) in [7, 11) is 0. The Morgan fingerprint density at radius 1 is 1.53 bits per heavy atom. The predicted molar refractivity (Wildman–Crippen MR) is 54.3 cm³/mol. The van der Waals surface area contributed by atoms with Gasteiger partial charge in [0.15, 0.2) is 5.78 Å². The van der Waals surface area contributed by atoms with Crippen LogP contribution in [0.25, 0.3) is 0 Å². The Morgan fingerprint density at radius 2 is 2.33 bits per heavy atom. The van der Waals surface area contributed by atoms with Gasteiger partial charge in [0.1, 0.15) is 5.92 Å². The maximum Gasteiger partial charge on any atom is 0.317 e. The number of nitrogens with zero attached hydrogens (tertiary/aromatic N) is 1. The van der Waals surface area contributed by atoms with E-state index >= 15 is 0 Å². The number of carbonyl (C=O) groups excluding carboxylic acids is 2. The first kappa shape index (κ1) is 10.6. The van der Waals surface area contributed by atoms with Gasteiger partial charge < -0.3 is 4.74 Å². The third-order valence-electron chi connectivity index (χ3n) is 3.27. The smallest absolute Gasteiger partial charge is 0.317 e. The van der Waals surface area contributed by atoms with Gasteiger partial charge in [-0.1, -0.05) is 6.42 Å². The molecule has 0 amide bonds. The van der Waals surface area contributed by atoms with Crippen LogP contribution in [0.2, 0.25) is 0 Å². The molecule has 0 aliphatic carbocycles. The highest BCUT2D eigenvalue weighted by Crippen LogP contribution is 2.28. The Hall–Kier alpha value is -0.900. The summed E-state index contributed by atoms with van der Waals surface area (Å²) in [4.78, 5) is 25.6. The highest BCUT2D eigenvalue weighted by Gasteiger charge is 2.45. The molecule has 0 spiro atoms. The molecule has 2 heterocycles. The number of carbonyl (C=O) groups is 2. The summed E-state index contributed by atoms with van der Waals surface area (Å²) >= 11 is 0. The van der Waals surface area contributed by atoms with Crippen LogP contribution in [0.4, 0.5) is 0 Å². The summed E-state index contributed by atoms with van der Waals surface area (Å²) < 4.78 is 4.92. The monoisotopic (exact) mass is 211 g/mol. The summed E-state index contributed by atoms with van der Waals surface area (Å²) in [6.45, 7) is 3.65. The number of piperidine rings is 1. The lowest BCUT2D eigenvalue weighted by Crippen LogP contribution is -2.37. The summed E-state index contributed by atoms with van der Waals surface area (Å²) in [5.41, 5.74) is 0. The van der Waals surface area contributed by atoms with Crippen LogP contribution >= 0.6 is 0 Å². The van der Waals surface area contributed by atoms with E-state index in [-0.39, 0.29) is 17.8 Å². The molecule has 0 aromatic rings. The molecule has 0 aromatic heterocycles. The second-order valence-corrected chi connectivity index (χ2v) is 4.21. The third-order valence-corrected chi connectivity index (χ3v) is 3.27. The highest BCUT2D eigenvalue weighted by molar-refractivity contribution is 6.03. The fourth-order valence-corrected chi connectivity index (χ4v) is 2.52. The number of ketones is 1. The fraction of sp³-hybridized carbons (Fsp3) is 0.818. The van der Waals surface area contributed by atoms with Crippen molar-refractivity contribution in [3.05, 3.63) is 0 Å². The normalized spacial score (nSPS) is 31.4. The van der Waals surface area contributed by atoms with E-state index in [2.05, 4.69) is 4.90 Å². The lowest BCUT2D eigenvalue weighted by Gasteiger charge is -2.27. The van der Waals surface area contributed by atoms with Crippen LogP contribution in [0.15, 0.2) is 0 Å². The van der Waals surface area contributed by atoms with E-state index in [1.807, 2.05) is 0 Å². The number of hydrogen-bond donors (Lipinski definition) is 0. The molecule has 0 radical (unpaired) electrons. The first-order chi connectivity index (χ1) is 7.24. The molecule has 2 aliphatic heterocycles. The summed E-state index contributed by atoms with van der Waals surface area (Å²) in [6, 6.07) is -0.00634. The van der Waals surface area contributed by atoms with Crippen molar-refractivity contribution in [1.82, 2.24) is 4.90 Å². The number of fused-ring (bicyclic) bond motifs is 1. The standard InChI is InChI=1S/C11H17NO3/c1-2-15-11(14)8-7-12-6-4-3-5-9(12)10(8)13/h8-9H,2-7H2,1H3. The molecule has 84 valence electrons. The average molecular weight is 211 g/mol. The van der Waals surface area contributed by atoms with Gasteiger partial charge in [-0.3, -0.25) is 14.5 Å². The Kier molecular flexibility index (Phi) is 3.05. The maximum absolute atomic E-state index is 11.9. The van der Waals surface area contributed by atoms with E-state index < -0.39 is 5.92 Å². The topological polar surface area (TPSA) is 46.6 Å². The Morgan fingerprint density at radius 3 is 3.00 bits per heavy atom. The molecule has 2 unspecified atom stereocenters. The van der Waals surface area contributed by atoms with Gasteiger partial charge in [-0.15, -0.1) is 0 Å². The van der Waals surface area contributed by atoms with Crippen molar-refractivity contribution in [2.75, 3.05) is 19.7 Å². The zero-order valence-electron chi connectivity index (χ0n) is 9.07. The number of hydrogen-bond acceptors (Lipinski definition) is 4. The first-order valence-electron chi connectivity index (χ1n) is 5.68. The van der Waals surface area contributed by atoms with Crippen molar-refractivity contribution in [3.8, 4) is 0 Å². The Balaban J connectivity index is 2.04. The van der Waals surface area contributed by atoms with E-state index in [1.165, 1.54) is 0 Å². The van der Waals surface area contributed by atoms with Crippen LogP contribution in [0.5, 0.6) is 0 Å². The second-order valence-electron chi connectivity index (χ2n) is 4.21. The van der Waals surface area contributed by atoms with Crippen LogP contribution in [-0.4, -0.2) is 42.4 Å². The zero-order valence-corrected chi connectivity index (χ0v) is 9.07. The molecule has 2 saturated heterocycles. The molecule has 2 atom stereocenters. The molecular weight excluding hydrogens is 194 g/mol. The number of rotatable bonds is 2. The lowest BCUT2D eigenvalue weighted by molar-refractivity contribution is -0.150. The molecule has 0 aromatic carbocycles. The minimum Gasteiger partial charge on any atom is -0.465 e. The summed E-state index contributed by atoms with van der Waals surface area (Å²) in [5, 5.41) is 0. The van der Waals surface area contributed by atoms with Crippen molar-refractivity contribution in [3.63, 3.8) is 0 Å². The maximum atomic E-state index is 11.9. The van der Waals surface area contributed by atoms with E-state index in [1.54, 1.807) is 6.92 Å². The SMILES string of the molecule is CCOC(=O)C1CN2CCCCC2C1=O. The van der Waals surface area contributed by atoms with Crippen molar-refractivity contribution < 1.29 is 14.3 Å². The van der Waals surface area contributed by atoms with Gasteiger partial charge in [-0.05, 0) is 26.3 Å². The number of esters is 1. The quantitative estimate of drug-likeness (QED) is 0.496. The molecule has 0 N–H and O–H groups in total. The molecule has 2 rings (SSSR count). The Labute approximate surface area is 89.6 Å². The molecular formula is C11H17NO3. The van der Waals surface area contributed by atoms with E-state index in [9.17, 15) is 9.59 Å². The van der Waals surface area contributed by atoms with Gasteiger partial charge in [0.05, 0.1) is 12.6 Å². The summed E-state index contributed by atoms with van der Waals surface area (Å²) in [6.07, 6.45) is 3.15. The molecule has 0 saturated carbocycles. The van der Waals surface area contributed by atoms with Gasteiger partial charge in [0.2, 0.25) is 0 Å². The molecule has 0 bridgehead atoms. The van der Waals surface area contributed by atoms with Crippen LogP contribution in [0, 0.1) is 5.92 Å². The second kappa shape index (κ2) is 4.31. The van der Waals surface area contributed by atoms with Gasteiger partial charge in [-0.25, -0.2) is 0 Å². The first-order valence-corrected chi connectivity index (χ1v) is 5.68. The molecule has 4 heteroatoms. The van der Waals surface area contributed by atoms with E-state index in [4.69, 9.17) is 4.74 Å². The minimum atomic E-state index is -0.520. The van der Waals surface area contributed by atoms with Gasteiger partial charge >= 0.3 is 5.97 Å². The average Bonchev–Trinajstić information content (AvgIpc) is 2.57. The predicted octanol–water partition coefficient (Wildman–Crippen LogP) is 0.603. The summed E-state index contributed by atoms with van der Waals surface area (Å²) in [5.74, 6) is -0.780. The molecule has 2 aliphatic rings. The van der Waals surface area contributed by atoms with Crippen LogP contribution < -0.4 is 0 Å². The van der Waals surface area contributed by atoms with Gasteiger partial charge in [0.25, 0.3) is 0 Å². The van der Waals surface area contributed by atoms with Crippen LogP contribution in [0.3, 0.4) is 0 Å². The molecule has 15 heavy (non-hydrogen) atoms. The highest BCUT2D eigenvalue weighted by atomic mass is 16.5. The Bertz CT molecular complexity index is 277. The van der Waals surface area contributed by atoms with Gasteiger partial charge in [0, 0.05) is 6.54 Å². The zero-order chi connectivity index (χ0) is 10.8. The van der Waals surface area contributed by atoms with E-state index in [0.29, 0.717) is 13.2 Å². The van der Waals surface area contributed by atoms with Crippen LogP contribution in [0.1, 0.15) is 26.2 Å². The van der Waals surface area contributed by atoms with Crippen molar-refractivity contribution >= 4 is 11.8 Å². The van der Waals surface area contributed by atoms with Crippen molar-refractivity contribution in [2.24, 2.45) is 5.92 Å². The number of Topliss-reactive ketones (excluding diaryl/α,β-unsaturated/α-hetero) is 1. The van der Waals surface area contributed by atoms with Gasteiger partial charge in [-0.2, -0.15) is 0 Å². The molecule has 4 nitrogen and oxygen atoms in total. The van der Waals surface area contributed by atoms with E-state index in [0.717, 1.165) is 25.8 Å². The fourth-order valence-electron chi connectivity index (χ4n) is 2.52. The van der Waals surface area contributed by atoms with Crippen molar-refractivity contribution in [2.45, 2.75) is 32.2 Å². The lowest BCUT2D eigenvalue weighted by atomic mass is 9.98. The van der Waals surface area contributed by atoms with Crippen LogP contribution in [-0.2, 0) is 14.3 Å². The largest absolute Gasteiger partial charge is 0.465 e. The minimum absolute atomic E-state index is 0.00634.